The number of para-hydroxylation sites is 1. The van der Waals surface area contributed by atoms with Crippen molar-refractivity contribution in [1.29, 1.82) is 0 Å². The van der Waals surface area contributed by atoms with Crippen LogP contribution in [0.25, 0.3) is 10.9 Å². The Morgan fingerprint density at radius 2 is 1.88 bits per heavy atom. The molecule has 0 aliphatic rings. The number of halogens is 2. The van der Waals surface area contributed by atoms with Crippen molar-refractivity contribution in [2.45, 2.75) is 19.4 Å². The molecular weight excluding hydrogens is 344 g/mol. The van der Waals surface area contributed by atoms with Crippen molar-refractivity contribution >= 4 is 22.5 Å². The lowest BCUT2D eigenvalue weighted by molar-refractivity contribution is -0.119. The second kappa shape index (κ2) is 6.91. The summed E-state index contributed by atoms with van der Waals surface area (Å²) in [5.41, 5.74) is -0.926. The molecule has 0 radical (unpaired) electrons. The number of aromatic amines is 1. The normalized spacial score (nSPS) is 12.1. The highest BCUT2D eigenvalue weighted by Gasteiger charge is 2.23. The van der Waals surface area contributed by atoms with Crippen LogP contribution >= 0.6 is 0 Å². The number of carbonyl (C=O) groups is 1. The molecule has 26 heavy (non-hydrogen) atoms. The highest BCUT2D eigenvalue weighted by atomic mass is 19.2. The first-order valence-electron chi connectivity index (χ1n) is 7.92. The fourth-order valence-corrected chi connectivity index (χ4v) is 2.74. The van der Waals surface area contributed by atoms with Gasteiger partial charge in [-0.2, -0.15) is 0 Å². The van der Waals surface area contributed by atoms with E-state index < -0.39 is 34.8 Å². The second-order valence-electron chi connectivity index (χ2n) is 5.69. The number of hydrogen-bond donors (Lipinski definition) is 2. The van der Waals surface area contributed by atoms with Crippen LogP contribution in [-0.4, -0.2) is 15.5 Å². The molecule has 1 atom stereocenters. The molecule has 0 spiro atoms. The molecular formula is C18H15F2N3O3. The summed E-state index contributed by atoms with van der Waals surface area (Å²) in [5.74, 6) is -2.84. The Kier molecular flexibility index (Phi) is 4.66. The van der Waals surface area contributed by atoms with Gasteiger partial charge in [-0.05, 0) is 30.7 Å². The SMILES string of the molecule is CCC(C(=O)Nc1ccc(F)c(F)c1)n1c(=O)[nH]c2ccccc2c1=O. The maximum atomic E-state index is 13.3. The molecule has 2 N–H and O–H groups in total. The second-order valence-corrected chi connectivity index (χ2v) is 5.69. The summed E-state index contributed by atoms with van der Waals surface area (Å²) in [6.45, 7) is 1.64. The van der Waals surface area contributed by atoms with E-state index in [4.69, 9.17) is 0 Å². The highest BCUT2D eigenvalue weighted by Crippen LogP contribution is 2.16. The first kappa shape index (κ1) is 17.5. The van der Waals surface area contributed by atoms with E-state index in [1.54, 1.807) is 31.2 Å². The monoisotopic (exact) mass is 359 g/mol. The summed E-state index contributed by atoms with van der Waals surface area (Å²) >= 11 is 0. The first-order chi connectivity index (χ1) is 12.4. The Morgan fingerprint density at radius 1 is 1.15 bits per heavy atom. The highest BCUT2D eigenvalue weighted by molar-refractivity contribution is 5.93. The Hall–Kier alpha value is -3.29. The van der Waals surface area contributed by atoms with E-state index in [-0.39, 0.29) is 17.5 Å². The molecule has 0 aliphatic heterocycles. The van der Waals surface area contributed by atoms with Crippen molar-refractivity contribution in [2.75, 3.05) is 5.32 Å². The molecule has 1 amide bonds. The molecule has 0 aliphatic carbocycles. The minimum atomic E-state index is -1.11. The molecule has 0 saturated carbocycles. The van der Waals surface area contributed by atoms with Crippen LogP contribution in [0.15, 0.2) is 52.1 Å². The molecule has 2 aromatic carbocycles. The maximum absolute atomic E-state index is 13.3. The third-order valence-corrected chi connectivity index (χ3v) is 4.02. The topological polar surface area (TPSA) is 84.0 Å². The van der Waals surface area contributed by atoms with Crippen molar-refractivity contribution < 1.29 is 13.6 Å². The minimum absolute atomic E-state index is 0.0256. The van der Waals surface area contributed by atoms with Crippen molar-refractivity contribution in [3.8, 4) is 0 Å². The van der Waals surface area contributed by atoms with E-state index in [0.29, 0.717) is 5.52 Å². The maximum Gasteiger partial charge on any atom is 0.329 e. The van der Waals surface area contributed by atoms with Gasteiger partial charge in [0.05, 0.1) is 10.9 Å². The summed E-state index contributed by atoms with van der Waals surface area (Å²) in [6, 6.07) is 8.24. The van der Waals surface area contributed by atoms with Crippen molar-refractivity contribution in [2.24, 2.45) is 0 Å². The average molecular weight is 359 g/mol. The Labute approximate surface area is 146 Å². The minimum Gasteiger partial charge on any atom is -0.324 e. The van der Waals surface area contributed by atoms with Gasteiger partial charge in [0.25, 0.3) is 5.56 Å². The lowest BCUT2D eigenvalue weighted by Crippen LogP contribution is -2.42. The smallest absolute Gasteiger partial charge is 0.324 e. The van der Waals surface area contributed by atoms with Gasteiger partial charge in [-0.3, -0.25) is 9.59 Å². The van der Waals surface area contributed by atoms with Gasteiger partial charge in [0.2, 0.25) is 5.91 Å². The Morgan fingerprint density at radius 3 is 2.58 bits per heavy atom. The van der Waals surface area contributed by atoms with Crippen LogP contribution in [0.2, 0.25) is 0 Å². The van der Waals surface area contributed by atoms with Crippen LogP contribution in [0.3, 0.4) is 0 Å². The molecule has 6 nitrogen and oxygen atoms in total. The largest absolute Gasteiger partial charge is 0.329 e. The van der Waals surface area contributed by atoms with Gasteiger partial charge in [-0.25, -0.2) is 18.1 Å². The van der Waals surface area contributed by atoms with Gasteiger partial charge in [0.15, 0.2) is 11.6 Å². The number of fused-ring (bicyclic) bond motifs is 1. The molecule has 0 saturated heterocycles. The summed E-state index contributed by atoms with van der Waals surface area (Å²) in [4.78, 5) is 40.1. The van der Waals surface area contributed by atoms with Crippen LogP contribution < -0.4 is 16.6 Å². The zero-order valence-corrected chi connectivity index (χ0v) is 13.8. The van der Waals surface area contributed by atoms with Crippen molar-refractivity contribution in [3.63, 3.8) is 0 Å². The average Bonchev–Trinajstić information content (AvgIpc) is 2.61. The molecule has 0 bridgehead atoms. The quantitative estimate of drug-likeness (QED) is 0.751. The van der Waals surface area contributed by atoms with Gasteiger partial charge >= 0.3 is 5.69 Å². The predicted octanol–water partition coefficient (Wildman–Crippen LogP) is 2.56. The zero-order chi connectivity index (χ0) is 18.8. The van der Waals surface area contributed by atoms with E-state index in [2.05, 4.69) is 10.3 Å². The zero-order valence-electron chi connectivity index (χ0n) is 13.8. The summed E-state index contributed by atoms with van der Waals surface area (Å²) < 4.78 is 27.1. The molecule has 8 heteroatoms. The van der Waals surface area contributed by atoms with Crippen molar-refractivity contribution in [1.82, 2.24) is 9.55 Å². The van der Waals surface area contributed by atoms with E-state index in [0.717, 1.165) is 16.7 Å². The number of rotatable bonds is 4. The third-order valence-electron chi connectivity index (χ3n) is 4.02. The molecule has 3 aromatic rings. The fraction of sp³-hybridized carbons (Fsp3) is 0.167. The van der Waals surface area contributed by atoms with Gasteiger partial charge in [-0.15, -0.1) is 0 Å². The lowest BCUT2D eigenvalue weighted by Gasteiger charge is -2.17. The van der Waals surface area contributed by atoms with Crippen LogP contribution in [0.1, 0.15) is 19.4 Å². The number of anilines is 1. The van der Waals surface area contributed by atoms with E-state index in [1.165, 1.54) is 6.07 Å². The third kappa shape index (κ3) is 3.13. The van der Waals surface area contributed by atoms with Crippen LogP contribution in [0, 0.1) is 11.6 Å². The van der Waals surface area contributed by atoms with Crippen LogP contribution in [0.5, 0.6) is 0 Å². The number of carbonyl (C=O) groups excluding carboxylic acids is 1. The molecule has 0 fully saturated rings. The molecule has 134 valence electrons. The summed E-state index contributed by atoms with van der Waals surface area (Å²) in [5, 5.41) is 2.67. The number of nitrogens with zero attached hydrogens (tertiary/aromatic N) is 1. The number of amides is 1. The van der Waals surface area contributed by atoms with Gasteiger partial charge in [0.1, 0.15) is 6.04 Å². The molecule has 1 unspecified atom stereocenters. The van der Waals surface area contributed by atoms with E-state index >= 15 is 0 Å². The number of nitrogens with one attached hydrogen (secondary N) is 2. The van der Waals surface area contributed by atoms with Gasteiger partial charge < -0.3 is 10.3 Å². The van der Waals surface area contributed by atoms with Gasteiger partial charge in [0, 0.05) is 11.8 Å². The number of aromatic nitrogens is 2. The molecule has 1 heterocycles. The Bertz CT molecular complexity index is 1100. The van der Waals surface area contributed by atoms with E-state index in [1.807, 2.05) is 0 Å². The summed E-state index contributed by atoms with van der Waals surface area (Å²) in [7, 11) is 0. The lowest BCUT2D eigenvalue weighted by atomic mass is 10.1. The van der Waals surface area contributed by atoms with Crippen LogP contribution in [0.4, 0.5) is 14.5 Å². The Balaban J connectivity index is 2.02. The van der Waals surface area contributed by atoms with Crippen molar-refractivity contribution in [3.05, 3.63) is 74.9 Å². The standard InChI is InChI=1S/C18H15F2N3O3/c1-2-15(16(24)21-10-7-8-12(19)13(20)9-10)23-17(25)11-5-3-4-6-14(11)22-18(23)26/h3-9,15H,2H2,1H3,(H,21,24)(H,22,26). The molecule has 3 rings (SSSR count). The number of H-pyrrole nitrogens is 1. The first-order valence-corrected chi connectivity index (χ1v) is 7.92. The summed E-state index contributed by atoms with van der Waals surface area (Å²) in [6.07, 6.45) is 0.150. The van der Waals surface area contributed by atoms with E-state index in [9.17, 15) is 23.2 Å². The molecule has 1 aromatic heterocycles. The number of hydrogen-bond acceptors (Lipinski definition) is 3. The predicted molar refractivity (Wildman–Crippen MR) is 93.1 cm³/mol. The fourth-order valence-electron chi connectivity index (χ4n) is 2.74. The van der Waals surface area contributed by atoms with Gasteiger partial charge in [-0.1, -0.05) is 19.1 Å². The van der Waals surface area contributed by atoms with Crippen LogP contribution in [-0.2, 0) is 4.79 Å². The number of benzene rings is 2.